The third kappa shape index (κ3) is 7.09. The standard InChI is InChI=1S/C34H34N4O6/c1-21-10-27(18-38-30(19-39)34(40)41)32(44-20-24-11-23(14-35)15-36-16-24)13-29(21)37-17-26-4-3-5-28(22(26)2)25-6-7-31-33(12-25)43-9-8-42-31/h3-7,10-13,15-16,30,37-39H,8-9,17-20H2,1-2H3,(H,40,41)/t30-/m1/s1. The summed E-state index contributed by atoms with van der Waals surface area (Å²) >= 11 is 0. The summed E-state index contributed by atoms with van der Waals surface area (Å²) < 4.78 is 17.7. The van der Waals surface area contributed by atoms with E-state index in [-0.39, 0.29) is 13.2 Å². The fourth-order valence-corrected chi connectivity index (χ4v) is 5.05. The van der Waals surface area contributed by atoms with Gasteiger partial charge >= 0.3 is 5.97 Å². The second-order valence-electron chi connectivity index (χ2n) is 10.5. The van der Waals surface area contributed by atoms with Crippen LogP contribution in [0, 0.1) is 25.2 Å². The lowest BCUT2D eigenvalue weighted by atomic mass is 9.96. The molecule has 44 heavy (non-hydrogen) atoms. The predicted octanol–water partition coefficient (Wildman–Crippen LogP) is 4.73. The van der Waals surface area contributed by atoms with E-state index in [1.165, 1.54) is 6.20 Å². The Morgan fingerprint density at radius 1 is 1.05 bits per heavy atom. The number of hydrogen-bond donors (Lipinski definition) is 4. The van der Waals surface area contributed by atoms with Crippen LogP contribution in [0.5, 0.6) is 17.2 Å². The Balaban J connectivity index is 1.37. The summed E-state index contributed by atoms with van der Waals surface area (Å²) in [4.78, 5) is 15.5. The van der Waals surface area contributed by atoms with Crippen molar-refractivity contribution in [1.82, 2.24) is 10.3 Å². The van der Waals surface area contributed by atoms with E-state index in [4.69, 9.17) is 14.2 Å². The molecule has 0 bridgehead atoms. The number of benzene rings is 3. The maximum Gasteiger partial charge on any atom is 0.323 e. The number of ether oxygens (including phenoxy) is 3. The Labute approximate surface area is 255 Å². The van der Waals surface area contributed by atoms with Gasteiger partial charge in [-0.25, -0.2) is 0 Å². The lowest BCUT2D eigenvalue weighted by Crippen LogP contribution is -2.39. The van der Waals surface area contributed by atoms with Gasteiger partial charge in [-0.05, 0) is 65.9 Å². The van der Waals surface area contributed by atoms with Gasteiger partial charge in [0.1, 0.15) is 37.7 Å². The highest BCUT2D eigenvalue weighted by atomic mass is 16.6. The summed E-state index contributed by atoms with van der Waals surface area (Å²) in [7, 11) is 0. The molecule has 5 rings (SSSR count). The number of carbonyl (C=O) groups is 1. The quantitative estimate of drug-likeness (QED) is 0.182. The molecule has 10 heteroatoms. The average Bonchev–Trinajstić information content (AvgIpc) is 3.04. The van der Waals surface area contributed by atoms with E-state index in [9.17, 15) is 20.3 Å². The monoisotopic (exact) mass is 594 g/mol. The van der Waals surface area contributed by atoms with Gasteiger partial charge in [0.25, 0.3) is 0 Å². The first kappa shape index (κ1) is 30.4. The van der Waals surface area contributed by atoms with Gasteiger partial charge in [0.2, 0.25) is 0 Å². The zero-order valence-electron chi connectivity index (χ0n) is 24.6. The molecule has 4 aromatic rings. The van der Waals surface area contributed by atoms with Crippen molar-refractivity contribution in [3.63, 3.8) is 0 Å². The molecule has 0 amide bonds. The first-order valence-electron chi connectivity index (χ1n) is 14.3. The number of aliphatic hydroxyl groups is 1. The SMILES string of the molecule is Cc1cc(CN[C@H](CO)C(=O)O)c(OCc2cncc(C#N)c2)cc1NCc1cccc(-c2ccc3c(c2)OCCO3)c1C. The molecule has 4 N–H and O–H groups in total. The van der Waals surface area contributed by atoms with Crippen LogP contribution in [0.25, 0.3) is 11.1 Å². The van der Waals surface area contributed by atoms with Gasteiger partial charge in [-0.1, -0.05) is 24.3 Å². The number of aryl methyl sites for hydroxylation is 1. The number of anilines is 1. The fourth-order valence-electron chi connectivity index (χ4n) is 5.05. The molecule has 0 radical (unpaired) electrons. The highest BCUT2D eigenvalue weighted by molar-refractivity contribution is 5.73. The third-order valence-electron chi connectivity index (χ3n) is 7.51. The number of fused-ring (bicyclic) bond motifs is 1. The normalized spacial score (nSPS) is 12.7. The van der Waals surface area contributed by atoms with Crippen molar-refractivity contribution in [3.05, 3.63) is 100 Å². The van der Waals surface area contributed by atoms with Gasteiger partial charge in [0, 0.05) is 48.4 Å². The molecular formula is C34H34N4O6. The zero-order valence-corrected chi connectivity index (χ0v) is 24.6. The first-order valence-corrected chi connectivity index (χ1v) is 14.3. The number of carboxylic acids is 1. The second kappa shape index (κ2) is 13.9. The van der Waals surface area contributed by atoms with Crippen molar-refractivity contribution in [3.8, 4) is 34.4 Å². The van der Waals surface area contributed by atoms with E-state index in [2.05, 4.69) is 40.7 Å². The summed E-state index contributed by atoms with van der Waals surface area (Å²) in [5.74, 6) is 0.903. The van der Waals surface area contributed by atoms with E-state index in [1.54, 1.807) is 12.3 Å². The maximum atomic E-state index is 11.4. The molecule has 1 aliphatic rings. The van der Waals surface area contributed by atoms with Crippen LogP contribution in [0.1, 0.15) is 33.4 Å². The van der Waals surface area contributed by atoms with Crippen LogP contribution in [-0.2, 0) is 24.5 Å². The molecule has 0 unspecified atom stereocenters. The number of nitrogens with zero attached hydrogens (tertiary/aromatic N) is 2. The van der Waals surface area contributed by atoms with Crippen LogP contribution < -0.4 is 24.8 Å². The van der Waals surface area contributed by atoms with Gasteiger partial charge in [0.05, 0.1) is 12.2 Å². The van der Waals surface area contributed by atoms with E-state index in [1.807, 2.05) is 43.3 Å². The van der Waals surface area contributed by atoms with Crippen molar-refractivity contribution in [2.45, 2.75) is 39.6 Å². The van der Waals surface area contributed by atoms with Gasteiger partial charge in [0.15, 0.2) is 11.5 Å². The smallest absolute Gasteiger partial charge is 0.323 e. The topological polar surface area (TPSA) is 146 Å². The second-order valence-corrected chi connectivity index (χ2v) is 10.5. The summed E-state index contributed by atoms with van der Waals surface area (Å²) in [5.41, 5.74) is 8.10. The molecule has 1 aromatic heterocycles. The van der Waals surface area contributed by atoms with Crippen LogP contribution in [0.2, 0.25) is 0 Å². The average molecular weight is 595 g/mol. The van der Waals surface area contributed by atoms with Crippen molar-refractivity contribution in [2.75, 3.05) is 25.1 Å². The van der Waals surface area contributed by atoms with Crippen LogP contribution in [0.4, 0.5) is 5.69 Å². The van der Waals surface area contributed by atoms with Crippen molar-refractivity contribution >= 4 is 11.7 Å². The third-order valence-corrected chi connectivity index (χ3v) is 7.51. The number of rotatable bonds is 12. The lowest BCUT2D eigenvalue weighted by molar-refractivity contribution is -0.140. The zero-order chi connectivity index (χ0) is 31.1. The minimum Gasteiger partial charge on any atom is -0.488 e. The largest absolute Gasteiger partial charge is 0.488 e. The Hall–Kier alpha value is -5.11. The summed E-state index contributed by atoms with van der Waals surface area (Å²) in [6.07, 6.45) is 3.12. The van der Waals surface area contributed by atoms with Crippen molar-refractivity contribution in [2.24, 2.45) is 0 Å². The molecule has 0 aliphatic carbocycles. The van der Waals surface area contributed by atoms with Crippen LogP contribution in [-0.4, -0.2) is 47.0 Å². The van der Waals surface area contributed by atoms with Gasteiger partial charge < -0.3 is 29.7 Å². The number of nitrogens with one attached hydrogen (secondary N) is 2. The van der Waals surface area contributed by atoms with Crippen LogP contribution in [0.3, 0.4) is 0 Å². The summed E-state index contributed by atoms with van der Waals surface area (Å²) in [6, 6.07) is 18.7. The molecule has 1 aliphatic heterocycles. The van der Waals surface area contributed by atoms with Crippen molar-refractivity contribution in [1.29, 1.82) is 5.26 Å². The number of carboxylic acid groups (broad SMARTS) is 1. The minimum absolute atomic E-state index is 0.164. The van der Waals surface area contributed by atoms with Gasteiger partial charge in [-0.2, -0.15) is 5.26 Å². The van der Waals surface area contributed by atoms with Crippen LogP contribution >= 0.6 is 0 Å². The molecule has 226 valence electrons. The number of aromatic nitrogens is 1. The van der Waals surface area contributed by atoms with E-state index in [0.29, 0.717) is 31.1 Å². The lowest BCUT2D eigenvalue weighted by Gasteiger charge is -2.20. The Bertz CT molecular complexity index is 1700. The molecule has 0 spiro atoms. The number of aliphatic hydroxyl groups excluding tert-OH is 1. The molecule has 3 aromatic carbocycles. The van der Waals surface area contributed by atoms with Crippen LogP contribution in [0.15, 0.2) is 67.0 Å². The van der Waals surface area contributed by atoms with E-state index in [0.717, 1.165) is 56.1 Å². The van der Waals surface area contributed by atoms with E-state index >= 15 is 0 Å². The number of nitriles is 1. The highest BCUT2D eigenvalue weighted by Crippen LogP contribution is 2.36. The van der Waals surface area contributed by atoms with Crippen molar-refractivity contribution < 1.29 is 29.2 Å². The number of hydrogen-bond acceptors (Lipinski definition) is 9. The maximum absolute atomic E-state index is 11.4. The first-order chi connectivity index (χ1) is 21.4. The summed E-state index contributed by atoms with van der Waals surface area (Å²) in [5, 5.41) is 34.5. The Morgan fingerprint density at radius 2 is 1.86 bits per heavy atom. The predicted molar refractivity (Wildman–Crippen MR) is 165 cm³/mol. The fraction of sp³-hybridized carbons (Fsp3) is 0.265. The van der Waals surface area contributed by atoms with E-state index < -0.39 is 18.6 Å². The molecule has 1 atom stereocenters. The number of aliphatic carboxylic acids is 1. The molecule has 0 saturated carbocycles. The van der Waals surface area contributed by atoms with Gasteiger partial charge in [-0.3, -0.25) is 15.1 Å². The molecular weight excluding hydrogens is 560 g/mol. The summed E-state index contributed by atoms with van der Waals surface area (Å²) in [6.45, 7) is 5.50. The number of pyridine rings is 1. The minimum atomic E-state index is -1.14. The molecule has 0 saturated heterocycles. The molecule has 2 heterocycles. The van der Waals surface area contributed by atoms with Gasteiger partial charge in [-0.15, -0.1) is 0 Å². The molecule has 10 nitrogen and oxygen atoms in total. The Morgan fingerprint density at radius 3 is 2.64 bits per heavy atom. The Kier molecular flexibility index (Phi) is 9.59. The molecule has 0 fully saturated rings. The highest BCUT2D eigenvalue weighted by Gasteiger charge is 2.18.